The first-order valence-electron chi connectivity index (χ1n) is 7.53. The molecule has 0 saturated carbocycles. The minimum atomic E-state index is -0.212. The topological polar surface area (TPSA) is 57.1 Å². The van der Waals surface area contributed by atoms with E-state index >= 15 is 0 Å². The van der Waals surface area contributed by atoms with Gasteiger partial charge in [-0.2, -0.15) is 11.8 Å². The second-order valence-electron chi connectivity index (χ2n) is 5.56. The lowest BCUT2D eigenvalue weighted by atomic mass is 9.99. The van der Waals surface area contributed by atoms with Gasteiger partial charge in [-0.3, -0.25) is 4.99 Å². The summed E-state index contributed by atoms with van der Waals surface area (Å²) in [6, 6.07) is 0. The molecule has 116 valence electrons. The van der Waals surface area contributed by atoms with Crippen molar-refractivity contribution >= 4 is 17.7 Å². The monoisotopic (exact) mass is 301 g/mol. The third-order valence-electron chi connectivity index (χ3n) is 4.15. The van der Waals surface area contributed by atoms with Gasteiger partial charge in [-0.15, -0.1) is 0 Å². The van der Waals surface area contributed by atoms with Crippen molar-refractivity contribution in [2.75, 3.05) is 45.6 Å². The normalized spacial score (nSPS) is 26.9. The lowest BCUT2D eigenvalue weighted by molar-refractivity contribution is 0.0793. The first-order valence-corrected chi connectivity index (χ1v) is 8.76. The van der Waals surface area contributed by atoms with Gasteiger partial charge in [0, 0.05) is 37.6 Å². The first-order chi connectivity index (χ1) is 9.69. The van der Waals surface area contributed by atoms with Crippen molar-refractivity contribution in [3.8, 4) is 0 Å². The quantitative estimate of drug-likeness (QED) is 0.598. The van der Waals surface area contributed by atoms with E-state index < -0.39 is 0 Å². The van der Waals surface area contributed by atoms with Crippen molar-refractivity contribution in [3.05, 3.63) is 0 Å². The van der Waals surface area contributed by atoms with Gasteiger partial charge in [-0.1, -0.05) is 0 Å². The number of nitrogens with zero attached hydrogens (tertiary/aromatic N) is 2. The highest BCUT2D eigenvalue weighted by Crippen LogP contribution is 2.34. The average molecular weight is 301 g/mol. The van der Waals surface area contributed by atoms with Crippen LogP contribution in [0.5, 0.6) is 0 Å². The highest BCUT2D eigenvalue weighted by Gasteiger charge is 2.32. The van der Waals surface area contributed by atoms with Crippen LogP contribution >= 0.6 is 11.8 Å². The van der Waals surface area contributed by atoms with Crippen LogP contribution in [-0.2, 0) is 4.74 Å². The molecule has 0 aromatic rings. The van der Waals surface area contributed by atoms with Gasteiger partial charge in [0.15, 0.2) is 5.96 Å². The van der Waals surface area contributed by atoms with E-state index in [1.807, 2.05) is 11.8 Å². The van der Waals surface area contributed by atoms with Crippen molar-refractivity contribution < 1.29 is 9.84 Å². The summed E-state index contributed by atoms with van der Waals surface area (Å²) in [5, 5.41) is 13.0. The number of guanidine groups is 1. The van der Waals surface area contributed by atoms with Crippen molar-refractivity contribution in [1.29, 1.82) is 0 Å². The molecule has 0 bridgehead atoms. The van der Waals surface area contributed by atoms with E-state index in [4.69, 9.17) is 9.73 Å². The number of likely N-dealkylation sites (tertiary alicyclic amines) is 1. The van der Waals surface area contributed by atoms with Crippen molar-refractivity contribution in [3.63, 3.8) is 0 Å². The van der Waals surface area contributed by atoms with Crippen molar-refractivity contribution in [2.45, 2.75) is 37.0 Å². The van der Waals surface area contributed by atoms with E-state index in [0.717, 1.165) is 58.1 Å². The van der Waals surface area contributed by atoms with Crippen molar-refractivity contribution in [2.24, 2.45) is 4.99 Å². The standard InChI is InChI=1S/C14H27N3O2S/c1-3-15-13(17-7-4-12(18)10-17)16-11-14(20-2)5-8-19-9-6-14/h12,18H,3-11H2,1-2H3,(H,15,16)/t12-/m1/s1. The minimum absolute atomic E-state index is 0.212. The summed E-state index contributed by atoms with van der Waals surface area (Å²) >= 11 is 1.91. The fraction of sp³-hybridized carbons (Fsp3) is 0.929. The van der Waals surface area contributed by atoms with E-state index in [2.05, 4.69) is 23.4 Å². The molecule has 2 heterocycles. The Labute approximate surface area is 126 Å². The van der Waals surface area contributed by atoms with Gasteiger partial charge >= 0.3 is 0 Å². The van der Waals surface area contributed by atoms with Crippen LogP contribution in [0.4, 0.5) is 0 Å². The molecular weight excluding hydrogens is 274 g/mol. The Morgan fingerprint density at radius 2 is 2.25 bits per heavy atom. The predicted octanol–water partition coefficient (Wildman–Crippen LogP) is 0.931. The zero-order valence-corrected chi connectivity index (χ0v) is 13.4. The molecule has 0 radical (unpaired) electrons. The largest absolute Gasteiger partial charge is 0.391 e. The lowest BCUT2D eigenvalue weighted by Gasteiger charge is -2.34. The van der Waals surface area contributed by atoms with Crippen molar-refractivity contribution in [1.82, 2.24) is 10.2 Å². The number of rotatable bonds is 4. The molecule has 6 heteroatoms. The maximum absolute atomic E-state index is 9.69. The molecule has 0 unspecified atom stereocenters. The second kappa shape index (κ2) is 7.52. The summed E-state index contributed by atoms with van der Waals surface area (Å²) < 4.78 is 5.69. The SMILES string of the molecule is CCNC(=NCC1(SC)CCOCC1)N1CC[C@@H](O)C1. The first kappa shape index (κ1) is 15.9. The molecule has 2 aliphatic rings. The maximum Gasteiger partial charge on any atom is 0.194 e. The molecular formula is C14H27N3O2S. The highest BCUT2D eigenvalue weighted by atomic mass is 32.2. The molecule has 0 aliphatic carbocycles. The highest BCUT2D eigenvalue weighted by molar-refractivity contribution is 8.00. The number of hydrogen-bond acceptors (Lipinski definition) is 4. The van der Waals surface area contributed by atoms with Crippen LogP contribution < -0.4 is 5.32 Å². The third kappa shape index (κ3) is 4.02. The van der Waals surface area contributed by atoms with Gasteiger partial charge in [-0.25, -0.2) is 0 Å². The zero-order chi connectivity index (χ0) is 14.4. The van der Waals surface area contributed by atoms with E-state index in [0.29, 0.717) is 6.54 Å². The Hall–Kier alpha value is -0.460. The molecule has 2 fully saturated rings. The van der Waals surface area contributed by atoms with E-state index in [-0.39, 0.29) is 10.9 Å². The van der Waals surface area contributed by atoms with Crippen LogP contribution in [0.1, 0.15) is 26.2 Å². The van der Waals surface area contributed by atoms with Gasteiger partial charge in [-0.05, 0) is 32.4 Å². The fourth-order valence-corrected chi connectivity index (χ4v) is 3.52. The molecule has 2 N–H and O–H groups in total. The number of nitrogens with one attached hydrogen (secondary N) is 1. The predicted molar refractivity (Wildman–Crippen MR) is 84.5 cm³/mol. The van der Waals surface area contributed by atoms with E-state index in [1.165, 1.54) is 0 Å². The van der Waals surface area contributed by atoms with Gasteiger partial charge < -0.3 is 20.1 Å². The Bertz CT molecular complexity index is 332. The van der Waals surface area contributed by atoms with Crippen LogP contribution in [0, 0.1) is 0 Å². The number of ether oxygens (including phenoxy) is 1. The smallest absolute Gasteiger partial charge is 0.194 e. The Balaban J connectivity index is 2.00. The molecule has 0 aromatic carbocycles. The van der Waals surface area contributed by atoms with Gasteiger partial charge in [0.05, 0.1) is 12.6 Å². The van der Waals surface area contributed by atoms with Gasteiger partial charge in [0.2, 0.25) is 0 Å². The maximum atomic E-state index is 9.69. The van der Waals surface area contributed by atoms with Gasteiger partial charge in [0.1, 0.15) is 0 Å². The van der Waals surface area contributed by atoms with Crippen LogP contribution in [0.2, 0.25) is 0 Å². The summed E-state index contributed by atoms with van der Waals surface area (Å²) in [6.45, 7) is 7.04. The number of β-amino-alcohol motifs (C(OH)–C–C–N with tert-alkyl or cyclic N) is 1. The Kier molecular flexibility index (Phi) is 5.99. The van der Waals surface area contributed by atoms with Crippen LogP contribution in [0.15, 0.2) is 4.99 Å². The Morgan fingerprint density at radius 1 is 1.50 bits per heavy atom. The minimum Gasteiger partial charge on any atom is -0.391 e. The molecule has 2 rings (SSSR count). The molecule has 2 saturated heterocycles. The molecule has 20 heavy (non-hydrogen) atoms. The lowest BCUT2D eigenvalue weighted by Crippen LogP contribution is -2.42. The number of thioether (sulfide) groups is 1. The molecule has 1 atom stereocenters. The molecule has 0 aromatic heterocycles. The second-order valence-corrected chi connectivity index (χ2v) is 6.83. The van der Waals surface area contributed by atoms with Crippen LogP contribution in [0.25, 0.3) is 0 Å². The number of aliphatic hydroxyl groups is 1. The third-order valence-corrected chi connectivity index (χ3v) is 5.56. The van der Waals surface area contributed by atoms with Crippen LogP contribution in [-0.4, -0.2) is 72.5 Å². The molecule has 5 nitrogen and oxygen atoms in total. The van der Waals surface area contributed by atoms with E-state index in [9.17, 15) is 5.11 Å². The molecule has 0 amide bonds. The number of aliphatic hydroxyl groups excluding tert-OH is 1. The fourth-order valence-electron chi connectivity index (χ4n) is 2.75. The summed E-state index contributed by atoms with van der Waals surface area (Å²) in [5.74, 6) is 0.948. The number of hydrogen-bond donors (Lipinski definition) is 2. The molecule has 0 spiro atoms. The zero-order valence-electron chi connectivity index (χ0n) is 12.6. The van der Waals surface area contributed by atoms with Crippen LogP contribution in [0.3, 0.4) is 0 Å². The van der Waals surface area contributed by atoms with E-state index in [1.54, 1.807) is 0 Å². The molecule has 2 aliphatic heterocycles. The summed E-state index contributed by atoms with van der Waals surface area (Å²) in [5.41, 5.74) is 0. The Morgan fingerprint density at radius 3 is 2.80 bits per heavy atom. The van der Waals surface area contributed by atoms with Gasteiger partial charge in [0.25, 0.3) is 0 Å². The number of aliphatic imine (C=N–C) groups is 1. The average Bonchev–Trinajstić information content (AvgIpc) is 2.91. The summed E-state index contributed by atoms with van der Waals surface area (Å²) in [4.78, 5) is 7.01. The summed E-state index contributed by atoms with van der Waals surface area (Å²) in [6.07, 6.45) is 4.94. The summed E-state index contributed by atoms with van der Waals surface area (Å²) in [7, 11) is 0.